The molecule has 13 rings (SSSR count). The molecule has 12 aromatic carbocycles. The molecule has 0 fully saturated rings. The molecular formula is C108H120O6. The van der Waals surface area contributed by atoms with Crippen LogP contribution in [0.2, 0.25) is 0 Å². The smallest absolute Gasteiger partial charge is 0.126 e. The van der Waals surface area contributed by atoms with E-state index in [1.807, 2.05) is 21.3 Å². The fourth-order valence-corrected chi connectivity index (χ4v) is 16.0. The molecule has 12 aromatic rings. The summed E-state index contributed by atoms with van der Waals surface area (Å²) in [6.45, 7) is 43.0. The number of methoxy groups -OCH3 is 3. The van der Waals surface area contributed by atoms with Gasteiger partial charge in [0.15, 0.2) is 0 Å². The third-order valence-corrected chi connectivity index (χ3v) is 22.9. The maximum atomic E-state index is 7.62. The highest BCUT2D eigenvalue weighted by Crippen LogP contribution is 2.47. The van der Waals surface area contributed by atoms with Crippen molar-refractivity contribution >= 4 is 0 Å². The van der Waals surface area contributed by atoms with Crippen molar-refractivity contribution < 1.29 is 28.4 Å². The van der Waals surface area contributed by atoms with E-state index in [4.69, 9.17) is 28.4 Å². The fraction of sp³-hybridized carbons (Fsp3) is 0.333. The molecule has 0 saturated heterocycles. The van der Waals surface area contributed by atoms with Gasteiger partial charge in [0.2, 0.25) is 0 Å². The first-order valence-electron chi connectivity index (χ1n) is 41.0. The van der Waals surface area contributed by atoms with Gasteiger partial charge in [-0.3, -0.25) is 0 Å². The zero-order valence-electron chi connectivity index (χ0n) is 71.8. The summed E-state index contributed by atoms with van der Waals surface area (Å²) < 4.78 is 43.8. The van der Waals surface area contributed by atoms with Crippen LogP contribution in [0, 0.1) is 0 Å². The van der Waals surface area contributed by atoms with Crippen LogP contribution in [0.15, 0.2) is 237 Å². The first-order chi connectivity index (χ1) is 54.1. The summed E-state index contributed by atoms with van der Waals surface area (Å²) in [6.07, 6.45) is 3.15. The van der Waals surface area contributed by atoms with Crippen LogP contribution in [0.4, 0.5) is 0 Å². The highest BCUT2D eigenvalue weighted by molar-refractivity contribution is 5.67. The molecule has 0 radical (unpaired) electrons. The number of benzene rings is 12. The molecule has 1 aliphatic rings. The monoisotopic (exact) mass is 1510 g/mol. The number of hydrogen-bond acceptors (Lipinski definition) is 6. The van der Waals surface area contributed by atoms with Crippen molar-refractivity contribution in [3.63, 3.8) is 0 Å². The van der Waals surface area contributed by atoms with E-state index in [2.05, 4.69) is 361 Å². The summed E-state index contributed by atoms with van der Waals surface area (Å²) in [6, 6.07) is 87.4. The number of fused-ring (bicyclic) bond motifs is 12. The van der Waals surface area contributed by atoms with E-state index in [1.165, 1.54) is 50.1 Å². The average molecular weight is 1510 g/mol. The first-order valence-corrected chi connectivity index (χ1v) is 41.0. The second-order valence-corrected chi connectivity index (χ2v) is 38.0. The molecule has 6 heteroatoms. The minimum absolute atomic E-state index is 0.249. The number of ether oxygens (including phenoxy) is 6. The molecule has 0 amide bonds. The zero-order valence-corrected chi connectivity index (χ0v) is 71.8. The van der Waals surface area contributed by atoms with E-state index in [0.29, 0.717) is 58.3 Å². The molecule has 0 aromatic heterocycles. The van der Waals surface area contributed by atoms with Crippen LogP contribution < -0.4 is 28.4 Å². The molecule has 588 valence electrons. The molecule has 12 bridgehead atoms. The van der Waals surface area contributed by atoms with Gasteiger partial charge in [-0.25, -0.2) is 0 Å². The van der Waals surface area contributed by atoms with Crippen molar-refractivity contribution in [2.75, 3.05) is 21.3 Å². The summed E-state index contributed by atoms with van der Waals surface area (Å²) >= 11 is 0. The third-order valence-electron chi connectivity index (χ3n) is 22.9. The standard InChI is InChI=1S/C108H120O6/c1-103(2,3)91-55-79-49-85-61-94(106(10,11)12)63-87(100(85)112-67-70-37-43-76(44-38-70)73-31-25-22-26-32-73)51-81-57-92(104(4,5)6)59-83(98(81)110-20)53-89-65-96(108(16,17)18)66-90(102(89)114-69-72-41-47-78(48-42-72)75-35-29-24-30-36-75)54-84-60-93(105(7,8)9)58-82(99(84)111-21)52-88-64-95(107(13,14)15)62-86(50-80(56-91)97(79)109-19)101(88)113-68-71-39-45-77(46-40-71)74-33-27-23-28-34-74/h22-48,55-66H,49-54,67-69H2,1-21H3. The quantitative estimate of drug-likeness (QED) is 0.102. The summed E-state index contributed by atoms with van der Waals surface area (Å²) in [4.78, 5) is 0. The molecule has 0 unspecified atom stereocenters. The van der Waals surface area contributed by atoms with Gasteiger partial charge in [-0.1, -0.05) is 361 Å². The van der Waals surface area contributed by atoms with Crippen molar-refractivity contribution in [3.8, 4) is 67.9 Å². The van der Waals surface area contributed by atoms with E-state index in [-0.39, 0.29) is 32.5 Å². The van der Waals surface area contributed by atoms with Gasteiger partial charge < -0.3 is 28.4 Å². The molecule has 0 aliphatic heterocycles. The van der Waals surface area contributed by atoms with Gasteiger partial charge in [-0.05, 0) is 183 Å². The summed E-state index contributed by atoms with van der Waals surface area (Å²) in [5, 5.41) is 0. The van der Waals surface area contributed by atoms with Gasteiger partial charge >= 0.3 is 0 Å². The van der Waals surface area contributed by atoms with Crippen LogP contribution in [0.25, 0.3) is 33.4 Å². The summed E-state index contributed by atoms with van der Waals surface area (Å²) in [5.41, 5.74) is 29.0. The van der Waals surface area contributed by atoms with Crippen molar-refractivity contribution in [1.29, 1.82) is 0 Å². The van der Waals surface area contributed by atoms with Gasteiger partial charge in [-0.15, -0.1) is 0 Å². The SMILES string of the molecule is COc1c2cc(C(C)(C)C)cc1Cc1cc(C(C)(C)C)cc(c1OCc1ccc(-c3ccccc3)cc1)Cc1cc(C(C)(C)C)cc(c1OC)Cc1cc(C(C)(C)C)cc(c1OCc1ccc(-c3ccccc3)cc1)Cc1cc(C(C)(C)C)cc(c1OC)Cc1cc(C(C)(C)C)cc(c1OCc1ccc(-c3ccccc3)cc1)C2. The Labute approximate surface area is 682 Å². The Morgan fingerprint density at radius 1 is 0.193 bits per heavy atom. The second kappa shape index (κ2) is 33.1. The lowest BCUT2D eigenvalue weighted by Gasteiger charge is -2.29. The Morgan fingerprint density at radius 2 is 0.342 bits per heavy atom. The Kier molecular flexibility index (Phi) is 23.7. The molecule has 0 atom stereocenters. The molecular weight excluding hydrogens is 1390 g/mol. The Hall–Kier alpha value is -10.6. The van der Waals surface area contributed by atoms with E-state index >= 15 is 0 Å². The van der Waals surface area contributed by atoms with Gasteiger partial charge in [0.1, 0.15) is 54.3 Å². The molecule has 6 nitrogen and oxygen atoms in total. The van der Waals surface area contributed by atoms with Gasteiger partial charge in [0, 0.05) is 38.5 Å². The number of hydrogen-bond donors (Lipinski definition) is 0. The predicted molar refractivity (Wildman–Crippen MR) is 476 cm³/mol. The van der Waals surface area contributed by atoms with Gasteiger partial charge in [0.05, 0.1) is 21.3 Å². The molecule has 0 spiro atoms. The molecule has 0 saturated carbocycles. The predicted octanol–water partition coefficient (Wildman–Crippen LogP) is 27.1. The van der Waals surface area contributed by atoms with Crippen LogP contribution >= 0.6 is 0 Å². The van der Waals surface area contributed by atoms with Crippen LogP contribution in [0.3, 0.4) is 0 Å². The van der Waals surface area contributed by atoms with Crippen molar-refractivity contribution in [1.82, 2.24) is 0 Å². The fourth-order valence-electron chi connectivity index (χ4n) is 16.0. The van der Waals surface area contributed by atoms with Gasteiger partial charge in [0.25, 0.3) is 0 Å². The largest absolute Gasteiger partial charge is 0.496 e. The number of rotatable bonds is 15. The van der Waals surface area contributed by atoms with Crippen molar-refractivity contribution in [2.24, 2.45) is 0 Å². The van der Waals surface area contributed by atoms with E-state index in [1.54, 1.807) is 0 Å². The van der Waals surface area contributed by atoms with Gasteiger partial charge in [-0.2, -0.15) is 0 Å². The lowest BCUT2D eigenvalue weighted by atomic mass is 9.79. The lowest BCUT2D eigenvalue weighted by molar-refractivity contribution is 0.299. The Morgan fingerprint density at radius 3 is 0.491 bits per heavy atom. The van der Waals surface area contributed by atoms with Crippen LogP contribution in [0.5, 0.6) is 34.5 Å². The minimum atomic E-state index is -0.256. The maximum Gasteiger partial charge on any atom is 0.126 e. The second-order valence-electron chi connectivity index (χ2n) is 38.0. The lowest BCUT2D eigenvalue weighted by Crippen LogP contribution is -2.17. The van der Waals surface area contributed by atoms with E-state index in [0.717, 1.165) is 135 Å². The molecule has 114 heavy (non-hydrogen) atoms. The summed E-state index contributed by atoms with van der Waals surface area (Å²) in [5.74, 6) is 5.13. The van der Waals surface area contributed by atoms with Crippen molar-refractivity contribution in [2.45, 2.75) is 215 Å². The highest BCUT2D eigenvalue weighted by atomic mass is 16.5. The Balaban J connectivity index is 1.09. The molecule has 0 N–H and O–H groups in total. The molecule has 1 aliphatic carbocycles. The highest BCUT2D eigenvalue weighted by Gasteiger charge is 2.32. The summed E-state index contributed by atoms with van der Waals surface area (Å²) in [7, 11) is 5.56. The minimum Gasteiger partial charge on any atom is -0.496 e. The average Bonchev–Trinajstić information content (AvgIpc) is 0.846. The zero-order chi connectivity index (χ0) is 81.2. The Bertz CT molecular complexity index is 4690. The van der Waals surface area contributed by atoms with Crippen LogP contribution in [0.1, 0.15) is 241 Å². The molecule has 0 heterocycles. The topological polar surface area (TPSA) is 55.4 Å². The van der Waals surface area contributed by atoms with Crippen LogP contribution in [-0.4, -0.2) is 21.3 Å². The van der Waals surface area contributed by atoms with Crippen molar-refractivity contribution in [3.05, 3.63) is 353 Å². The third kappa shape index (κ3) is 18.9. The van der Waals surface area contributed by atoms with E-state index in [9.17, 15) is 0 Å². The maximum absolute atomic E-state index is 7.62. The van der Waals surface area contributed by atoms with E-state index < -0.39 is 0 Å². The first kappa shape index (κ1) is 81.5. The normalized spacial score (nSPS) is 13.0. The van der Waals surface area contributed by atoms with Crippen LogP contribution in [-0.2, 0) is 90.8 Å².